The summed E-state index contributed by atoms with van der Waals surface area (Å²) >= 11 is 1.47. The zero-order valence-electron chi connectivity index (χ0n) is 14.0. The van der Waals surface area contributed by atoms with Crippen molar-refractivity contribution in [3.8, 4) is 5.88 Å². The zero-order valence-corrected chi connectivity index (χ0v) is 14.8. The van der Waals surface area contributed by atoms with Gasteiger partial charge in [-0.2, -0.15) is 5.10 Å². The molecule has 1 N–H and O–H groups in total. The number of aryl methyl sites for hydroxylation is 2. The molecule has 0 unspecified atom stereocenters. The van der Waals surface area contributed by atoms with Crippen LogP contribution < -0.4 is 10.1 Å². The van der Waals surface area contributed by atoms with E-state index in [0.29, 0.717) is 22.1 Å². The number of carbonyl (C=O) groups excluding carboxylic acids is 1. The fourth-order valence-electron chi connectivity index (χ4n) is 2.87. The molecule has 0 aliphatic heterocycles. The summed E-state index contributed by atoms with van der Waals surface area (Å²) in [5, 5.41) is 8.72. The van der Waals surface area contributed by atoms with Gasteiger partial charge in [0, 0.05) is 12.6 Å². The molecule has 4 aromatic rings. The van der Waals surface area contributed by atoms with E-state index >= 15 is 0 Å². The van der Waals surface area contributed by atoms with Crippen molar-refractivity contribution in [1.29, 1.82) is 0 Å². The Kier molecular flexibility index (Phi) is 3.65. The Bertz CT molecular complexity index is 1110. The van der Waals surface area contributed by atoms with E-state index in [1.165, 1.54) is 11.3 Å². The van der Waals surface area contributed by atoms with Crippen molar-refractivity contribution in [2.24, 2.45) is 7.05 Å². The fourth-order valence-corrected chi connectivity index (χ4v) is 3.81. The number of aromatic nitrogens is 3. The van der Waals surface area contributed by atoms with Crippen LogP contribution in [0.15, 0.2) is 36.4 Å². The molecule has 0 aliphatic carbocycles. The molecule has 0 saturated carbocycles. The molecule has 2 heterocycles. The van der Waals surface area contributed by atoms with E-state index in [4.69, 9.17) is 4.74 Å². The van der Waals surface area contributed by atoms with Gasteiger partial charge in [0.2, 0.25) is 5.88 Å². The van der Waals surface area contributed by atoms with Crippen molar-refractivity contribution in [1.82, 2.24) is 14.8 Å². The summed E-state index contributed by atoms with van der Waals surface area (Å²) in [6.45, 7) is 2.01. The summed E-state index contributed by atoms with van der Waals surface area (Å²) in [5.41, 5.74) is 3.26. The van der Waals surface area contributed by atoms with E-state index < -0.39 is 0 Å². The monoisotopic (exact) mass is 352 g/mol. The van der Waals surface area contributed by atoms with Gasteiger partial charge in [-0.15, -0.1) is 0 Å². The minimum absolute atomic E-state index is 0.205. The molecule has 126 valence electrons. The van der Waals surface area contributed by atoms with Crippen molar-refractivity contribution >= 4 is 43.5 Å². The lowest BCUT2D eigenvalue weighted by Crippen LogP contribution is -2.11. The molecule has 2 aromatic carbocycles. The molecule has 1 amide bonds. The second-order valence-electron chi connectivity index (χ2n) is 5.76. The largest absolute Gasteiger partial charge is 0.481 e. The van der Waals surface area contributed by atoms with Crippen LogP contribution in [0.1, 0.15) is 15.9 Å². The SMILES string of the molecule is COc1c2ccc(C(=O)Nc3nc4c(C)cccc4s3)cc2nn1C. The van der Waals surface area contributed by atoms with Crippen LogP contribution in [0, 0.1) is 6.92 Å². The van der Waals surface area contributed by atoms with E-state index in [-0.39, 0.29) is 5.91 Å². The minimum Gasteiger partial charge on any atom is -0.481 e. The maximum absolute atomic E-state index is 12.6. The molecule has 0 radical (unpaired) electrons. The van der Waals surface area contributed by atoms with Crippen LogP contribution in [0.4, 0.5) is 5.13 Å². The molecular weight excluding hydrogens is 336 g/mol. The van der Waals surface area contributed by atoms with Gasteiger partial charge in [-0.3, -0.25) is 10.1 Å². The normalized spacial score (nSPS) is 11.2. The number of rotatable bonds is 3. The zero-order chi connectivity index (χ0) is 17.6. The predicted molar refractivity (Wildman–Crippen MR) is 99.6 cm³/mol. The maximum Gasteiger partial charge on any atom is 0.257 e. The number of carbonyl (C=O) groups is 1. The van der Waals surface area contributed by atoms with Gasteiger partial charge in [-0.1, -0.05) is 23.5 Å². The van der Waals surface area contributed by atoms with E-state index in [1.54, 1.807) is 23.9 Å². The number of para-hydroxylation sites is 1. The fraction of sp³-hybridized carbons (Fsp3) is 0.167. The van der Waals surface area contributed by atoms with E-state index in [9.17, 15) is 4.79 Å². The van der Waals surface area contributed by atoms with Gasteiger partial charge in [0.05, 0.1) is 28.2 Å². The third-order valence-electron chi connectivity index (χ3n) is 4.08. The van der Waals surface area contributed by atoms with Crippen molar-refractivity contribution in [3.63, 3.8) is 0 Å². The van der Waals surface area contributed by atoms with Crippen molar-refractivity contribution < 1.29 is 9.53 Å². The Hall–Kier alpha value is -2.93. The van der Waals surface area contributed by atoms with Gasteiger partial charge in [0.1, 0.15) is 0 Å². The molecule has 4 rings (SSSR count). The van der Waals surface area contributed by atoms with Crippen molar-refractivity contribution in [2.75, 3.05) is 12.4 Å². The summed E-state index contributed by atoms with van der Waals surface area (Å²) in [7, 11) is 3.41. The number of ether oxygens (including phenoxy) is 1. The van der Waals surface area contributed by atoms with Gasteiger partial charge in [-0.05, 0) is 36.8 Å². The highest BCUT2D eigenvalue weighted by Gasteiger charge is 2.14. The first kappa shape index (κ1) is 15.6. The molecule has 2 aromatic heterocycles. The topological polar surface area (TPSA) is 69.0 Å². The van der Waals surface area contributed by atoms with Gasteiger partial charge in [0.25, 0.3) is 5.91 Å². The van der Waals surface area contributed by atoms with Crippen LogP contribution >= 0.6 is 11.3 Å². The first-order chi connectivity index (χ1) is 12.1. The van der Waals surface area contributed by atoms with Crippen molar-refractivity contribution in [2.45, 2.75) is 6.92 Å². The quantitative estimate of drug-likeness (QED) is 0.610. The summed E-state index contributed by atoms with van der Waals surface area (Å²) in [4.78, 5) is 17.1. The number of benzene rings is 2. The molecule has 0 aliphatic rings. The summed E-state index contributed by atoms with van der Waals surface area (Å²) in [6.07, 6.45) is 0. The van der Waals surface area contributed by atoms with Crippen LogP contribution in [-0.2, 0) is 7.05 Å². The molecule has 0 saturated heterocycles. The summed E-state index contributed by atoms with van der Waals surface area (Å²) < 4.78 is 8.04. The number of hydrogen-bond acceptors (Lipinski definition) is 5. The van der Waals surface area contributed by atoms with Gasteiger partial charge in [-0.25, -0.2) is 9.67 Å². The Labute approximate surface area is 148 Å². The van der Waals surface area contributed by atoms with Crippen LogP contribution in [0.2, 0.25) is 0 Å². The number of thiazole rings is 1. The van der Waals surface area contributed by atoms with Gasteiger partial charge < -0.3 is 4.74 Å². The molecule has 0 spiro atoms. The molecule has 25 heavy (non-hydrogen) atoms. The van der Waals surface area contributed by atoms with Gasteiger partial charge >= 0.3 is 0 Å². The lowest BCUT2D eigenvalue weighted by Gasteiger charge is -2.02. The van der Waals surface area contributed by atoms with E-state index in [2.05, 4.69) is 15.4 Å². The summed E-state index contributed by atoms with van der Waals surface area (Å²) in [5.74, 6) is 0.465. The highest BCUT2D eigenvalue weighted by molar-refractivity contribution is 7.22. The van der Waals surface area contributed by atoms with Crippen molar-refractivity contribution in [3.05, 3.63) is 47.5 Å². The molecule has 0 atom stereocenters. The Morgan fingerprint density at radius 3 is 2.88 bits per heavy atom. The third-order valence-corrected chi connectivity index (χ3v) is 5.01. The highest BCUT2D eigenvalue weighted by atomic mass is 32.1. The van der Waals surface area contributed by atoms with Crippen LogP contribution in [0.25, 0.3) is 21.1 Å². The Morgan fingerprint density at radius 2 is 2.12 bits per heavy atom. The number of nitrogens with zero attached hydrogens (tertiary/aromatic N) is 3. The lowest BCUT2D eigenvalue weighted by molar-refractivity contribution is 0.102. The Balaban J connectivity index is 1.66. The second-order valence-corrected chi connectivity index (χ2v) is 6.79. The number of anilines is 1. The molecule has 0 fully saturated rings. The molecule has 0 bridgehead atoms. The van der Waals surface area contributed by atoms with E-state index in [1.807, 2.05) is 38.2 Å². The molecular formula is C18H16N4O2S. The highest BCUT2D eigenvalue weighted by Crippen LogP contribution is 2.29. The standard InChI is InChI=1S/C18H16N4O2S/c1-10-5-4-6-14-15(10)19-18(25-14)20-16(23)11-7-8-12-13(9-11)21-22(2)17(12)24-3/h4-9H,1-3H3,(H,19,20,23). The number of amides is 1. The van der Waals surface area contributed by atoms with Crippen LogP contribution in [-0.4, -0.2) is 27.8 Å². The number of nitrogens with one attached hydrogen (secondary N) is 1. The third kappa shape index (κ3) is 2.62. The predicted octanol–water partition coefficient (Wildman–Crippen LogP) is 3.75. The average molecular weight is 352 g/mol. The lowest BCUT2D eigenvalue weighted by atomic mass is 10.1. The van der Waals surface area contributed by atoms with E-state index in [0.717, 1.165) is 21.2 Å². The number of hydrogen-bond donors (Lipinski definition) is 1. The Morgan fingerprint density at radius 1 is 1.28 bits per heavy atom. The second kappa shape index (κ2) is 5.86. The maximum atomic E-state index is 12.6. The van der Waals surface area contributed by atoms with Crippen LogP contribution in [0.5, 0.6) is 5.88 Å². The van der Waals surface area contributed by atoms with Crippen LogP contribution in [0.3, 0.4) is 0 Å². The van der Waals surface area contributed by atoms with Gasteiger partial charge in [0.15, 0.2) is 5.13 Å². The number of methoxy groups -OCH3 is 1. The molecule has 7 heteroatoms. The minimum atomic E-state index is -0.205. The number of fused-ring (bicyclic) bond motifs is 2. The smallest absolute Gasteiger partial charge is 0.257 e. The first-order valence-electron chi connectivity index (χ1n) is 7.75. The first-order valence-corrected chi connectivity index (χ1v) is 8.56. The molecule has 6 nitrogen and oxygen atoms in total. The summed E-state index contributed by atoms with van der Waals surface area (Å²) in [6, 6.07) is 11.4. The average Bonchev–Trinajstić information content (AvgIpc) is 3.14.